The maximum atomic E-state index is 13.2. The van der Waals surface area contributed by atoms with Gasteiger partial charge in [-0.05, 0) is 49.8 Å². The van der Waals surface area contributed by atoms with Crippen LogP contribution in [0.15, 0.2) is 34.7 Å². The lowest BCUT2D eigenvalue weighted by atomic mass is 9.71. The molecule has 0 saturated carbocycles. The Morgan fingerprint density at radius 3 is 2.21 bits per heavy atom. The Hall–Kier alpha value is -2.80. The van der Waals surface area contributed by atoms with Gasteiger partial charge in [-0.15, -0.1) is 0 Å². The molecule has 0 saturated heterocycles. The summed E-state index contributed by atoms with van der Waals surface area (Å²) in [7, 11) is 1.52. The number of halogens is 1. The largest absolute Gasteiger partial charge is 0.493 e. The van der Waals surface area contributed by atoms with Gasteiger partial charge in [0.15, 0.2) is 23.1 Å². The average Bonchev–Trinajstić information content (AvgIpc) is 2.78. The summed E-state index contributed by atoms with van der Waals surface area (Å²) in [6.07, 6.45) is 4.05. The standard InChI is InChI=1S/C25H28ClNO6/c1-3-10-33-25-15(26)11-14(12-20(25)32-2)22-23-16(6-4-8-18(23)28)27(13-21(30)31)17-7-5-9-19(29)24(17)22/h11-12,22H,3-10,13H2,1-2H3,(H,30,31). The number of ether oxygens (including phenoxy) is 2. The molecule has 0 bridgehead atoms. The fourth-order valence-corrected chi connectivity index (χ4v) is 5.40. The number of rotatable bonds is 7. The smallest absolute Gasteiger partial charge is 0.323 e. The van der Waals surface area contributed by atoms with Gasteiger partial charge in [0, 0.05) is 41.3 Å². The number of hydrogen-bond donors (Lipinski definition) is 1. The van der Waals surface area contributed by atoms with Gasteiger partial charge in [-0.2, -0.15) is 0 Å². The normalized spacial score (nSPS) is 18.9. The second-order valence-corrected chi connectivity index (χ2v) is 8.98. The number of Topliss-reactive ketones (excluding diaryl/α,β-unsaturated/α-hetero) is 2. The summed E-state index contributed by atoms with van der Waals surface area (Å²) >= 11 is 6.59. The quantitative estimate of drug-likeness (QED) is 0.616. The molecule has 1 aromatic rings. The fraction of sp³-hybridized carbons (Fsp3) is 0.480. The molecule has 1 aromatic carbocycles. The third-order valence-corrected chi connectivity index (χ3v) is 6.70. The molecule has 0 fully saturated rings. The van der Waals surface area contributed by atoms with Crippen molar-refractivity contribution in [1.29, 1.82) is 0 Å². The molecule has 1 N–H and O–H groups in total. The molecule has 8 heteroatoms. The maximum Gasteiger partial charge on any atom is 0.323 e. The molecule has 4 rings (SSSR count). The molecule has 0 aromatic heterocycles. The first-order valence-electron chi connectivity index (χ1n) is 11.4. The number of ketones is 2. The van der Waals surface area contributed by atoms with Crippen LogP contribution in [0.2, 0.25) is 5.02 Å². The van der Waals surface area contributed by atoms with Crippen molar-refractivity contribution in [3.63, 3.8) is 0 Å². The van der Waals surface area contributed by atoms with Crippen LogP contribution in [0.4, 0.5) is 0 Å². The van der Waals surface area contributed by atoms with Crippen molar-refractivity contribution in [2.75, 3.05) is 20.3 Å². The van der Waals surface area contributed by atoms with Crippen LogP contribution in [0.3, 0.4) is 0 Å². The van der Waals surface area contributed by atoms with Gasteiger partial charge in [-0.3, -0.25) is 14.4 Å². The highest BCUT2D eigenvalue weighted by Crippen LogP contribution is 2.51. The summed E-state index contributed by atoms with van der Waals surface area (Å²) in [6, 6.07) is 3.53. The lowest BCUT2D eigenvalue weighted by Gasteiger charge is -2.43. The highest BCUT2D eigenvalue weighted by molar-refractivity contribution is 6.32. The fourth-order valence-electron chi connectivity index (χ4n) is 5.13. The van der Waals surface area contributed by atoms with Crippen LogP contribution in [0, 0.1) is 0 Å². The Labute approximate surface area is 198 Å². The molecule has 7 nitrogen and oxygen atoms in total. The van der Waals surface area contributed by atoms with E-state index >= 15 is 0 Å². The number of nitrogens with zero attached hydrogens (tertiary/aromatic N) is 1. The van der Waals surface area contributed by atoms with E-state index in [2.05, 4.69) is 0 Å². The van der Waals surface area contributed by atoms with Crippen molar-refractivity contribution in [1.82, 2.24) is 4.90 Å². The molecule has 3 aliphatic rings. The average molecular weight is 474 g/mol. The SMILES string of the molecule is CCCOc1c(Cl)cc(C2C3=C(CCCC3=O)N(CC(=O)O)C3=C2C(=O)CCC3)cc1OC. The van der Waals surface area contributed by atoms with Crippen molar-refractivity contribution >= 4 is 29.1 Å². The predicted molar refractivity (Wildman–Crippen MR) is 123 cm³/mol. The number of carboxylic acid groups (broad SMARTS) is 1. The minimum absolute atomic E-state index is 0.0528. The van der Waals surface area contributed by atoms with E-state index in [1.54, 1.807) is 17.0 Å². The highest BCUT2D eigenvalue weighted by atomic mass is 35.5. The van der Waals surface area contributed by atoms with Gasteiger partial charge < -0.3 is 19.5 Å². The third kappa shape index (κ3) is 4.26. The first-order valence-corrected chi connectivity index (χ1v) is 11.8. The zero-order valence-corrected chi connectivity index (χ0v) is 19.7. The van der Waals surface area contributed by atoms with Gasteiger partial charge in [-0.25, -0.2) is 0 Å². The number of hydrogen-bond acceptors (Lipinski definition) is 6. The third-order valence-electron chi connectivity index (χ3n) is 6.42. The Morgan fingerprint density at radius 2 is 1.70 bits per heavy atom. The van der Waals surface area contributed by atoms with Crippen molar-refractivity contribution < 1.29 is 29.0 Å². The molecule has 0 radical (unpaired) electrons. The van der Waals surface area contributed by atoms with Gasteiger partial charge in [-0.1, -0.05) is 18.5 Å². The summed E-state index contributed by atoms with van der Waals surface area (Å²) in [5.41, 5.74) is 3.14. The van der Waals surface area contributed by atoms with Gasteiger partial charge in [0.2, 0.25) is 0 Å². The number of allylic oxidation sites excluding steroid dienone is 4. The Balaban J connectivity index is 1.93. The minimum atomic E-state index is -0.995. The number of aliphatic carboxylic acids is 1. The molecule has 0 unspecified atom stereocenters. The predicted octanol–water partition coefficient (Wildman–Crippen LogP) is 4.64. The maximum absolute atomic E-state index is 13.2. The monoisotopic (exact) mass is 473 g/mol. The van der Waals surface area contributed by atoms with E-state index in [9.17, 15) is 19.5 Å². The lowest BCUT2D eigenvalue weighted by Crippen LogP contribution is -2.41. The Kier molecular flexibility index (Phi) is 6.79. The van der Waals surface area contributed by atoms with E-state index in [0.717, 1.165) is 6.42 Å². The topological polar surface area (TPSA) is 93.1 Å². The van der Waals surface area contributed by atoms with E-state index in [4.69, 9.17) is 21.1 Å². The molecule has 1 aliphatic heterocycles. The summed E-state index contributed by atoms with van der Waals surface area (Å²) in [4.78, 5) is 39.8. The molecular formula is C25H28ClNO6. The van der Waals surface area contributed by atoms with E-state index in [1.807, 2.05) is 6.92 Å². The zero-order valence-electron chi connectivity index (χ0n) is 18.9. The van der Waals surface area contributed by atoms with Gasteiger partial charge in [0.1, 0.15) is 6.54 Å². The van der Waals surface area contributed by atoms with E-state index < -0.39 is 11.9 Å². The second kappa shape index (κ2) is 9.59. The molecule has 0 spiro atoms. The summed E-state index contributed by atoms with van der Waals surface area (Å²) in [5, 5.41) is 9.91. The number of carbonyl (C=O) groups is 3. The van der Waals surface area contributed by atoms with Gasteiger partial charge >= 0.3 is 5.97 Å². The van der Waals surface area contributed by atoms with E-state index in [1.165, 1.54) is 7.11 Å². The first-order chi connectivity index (χ1) is 15.9. The summed E-state index contributed by atoms with van der Waals surface area (Å²) in [5.74, 6) is -0.820. The second-order valence-electron chi connectivity index (χ2n) is 8.57. The van der Waals surface area contributed by atoms with E-state index in [0.29, 0.717) is 89.8 Å². The van der Waals surface area contributed by atoms with Crippen LogP contribution >= 0.6 is 11.6 Å². The number of methoxy groups -OCH3 is 1. The Morgan fingerprint density at radius 1 is 1.09 bits per heavy atom. The van der Waals surface area contributed by atoms with E-state index in [-0.39, 0.29) is 18.1 Å². The summed E-state index contributed by atoms with van der Waals surface area (Å²) < 4.78 is 11.3. The van der Waals surface area contributed by atoms with Crippen LogP contribution in [-0.2, 0) is 14.4 Å². The first kappa shape index (κ1) is 23.4. The van der Waals surface area contributed by atoms with Crippen molar-refractivity contribution in [3.8, 4) is 11.5 Å². The van der Waals surface area contributed by atoms with Crippen molar-refractivity contribution in [2.24, 2.45) is 0 Å². The number of carboxylic acids is 1. The molecule has 33 heavy (non-hydrogen) atoms. The van der Waals surface area contributed by atoms with Crippen LogP contribution in [0.1, 0.15) is 63.4 Å². The Bertz CT molecular complexity index is 1030. The van der Waals surface area contributed by atoms with Gasteiger partial charge in [0.05, 0.1) is 18.7 Å². The highest BCUT2D eigenvalue weighted by Gasteiger charge is 2.44. The summed E-state index contributed by atoms with van der Waals surface area (Å²) in [6.45, 7) is 2.20. The van der Waals surface area contributed by atoms with Crippen LogP contribution in [0.25, 0.3) is 0 Å². The van der Waals surface area contributed by atoms with Crippen LogP contribution < -0.4 is 9.47 Å². The molecular weight excluding hydrogens is 446 g/mol. The number of benzene rings is 1. The van der Waals surface area contributed by atoms with Crippen LogP contribution in [-0.4, -0.2) is 47.8 Å². The number of carbonyl (C=O) groups excluding carboxylic acids is 2. The van der Waals surface area contributed by atoms with Crippen molar-refractivity contribution in [2.45, 2.75) is 57.8 Å². The van der Waals surface area contributed by atoms with Crippen molar-refractivity contribution in [3.05, 3.63) is 45.3 Å². The van der Waals surface area contributed by atoms with Crippen LogP contribution in [0.5, 0.6) is 11.5 Å². The zero-order chi connectivity index (χ0) is 23.7. The molecule has 2 aliphatic carbocycles. The minimum Gasteiger partial charge on any atom is -0.493 e. The van der Waals surface area contributed by atoms with Gasteiger partial charge in [0.25, 0.3) is 0 Å². The molecule has 176 valence electrons. The lowest BCUT2D eigenvalue weighted by molar-refractivity contribution is -0.138. The molecule has 1 heterocycles. The molecule has 0 amide bonds. The molecule has 0 atom stereocenters.